The van der Waals surface area contributed by atoms with Crippen LogP contribution in [0.2, 0.25) is 0 Å². The fourth-order valence-electron chi connectivity index (χ4n) is 3.84. The van der Waals surface area contributed by atoms with Gasteiger partial charge >= 0.3 is 0 Å². The molecule has 1 aromatic heterocycles. The van der Waals surface area contributed by atoms with Crippen LogP contribution < -0.4 is 5.32 Å². The fraction of sp³-hybridized carbons (Fsp3) is 0.318. The zero-order chi connectivity index (χ0) is 19.8. The molecule has 148 valence electrons. The molecule has 0 aliphatic heterocycles. The molecule has 0 atom stereocenters. The molecule has 0 radical (unpaired) electrons. The maximum absolute atomic E-state index is 14.2. The summed E-state index contributed by atoms with van der Waals surface area (Å²) in [5.74, 6) is 0.379. The number of anilines is 1. The van der Waals surface area contributed by atoms with Crippen molar-refractivity contribution in [1.82, 2.24) is 14.8 Å². The summed E-state index contributed by atoms with van der Waals surface area (Å²) in [4.78, 5) is 12.5. The van der Waals surface area contributed by atoms with Crippen LogP contribution in [0.25, 0.3) is 11.4 Å². The third kappa shape index (κ3) is 3.79. The topological polar surface area (TPSA) is 59.8 Å². The molecule has 0 spiro atoms. The number of hydrogen-bond acceptors (Lipinski definition) is 4. The van der Waals surface area contributed by atoms with Gasteiger partial charge in [-0.05, 0) is 67.5 Å². The number of nitrogens with one attached hydrogen (secondary N) is 1. The molecular weight excluding hydrogens is 387 g/mol. The van der Waals surface area contributed by atoms with Crippen molar-refractivity contribution in [2.24, 2.45) is 0 Å². The minimum absolute atomic E-state index is 0.0780. The zero-order valence-corrected chi connectivity index (χ0v) is 16.7. The summed E-state index contributed by atoms with van der Waals surface area (Å²) in [7, 11) is 0. The summed E-state index contributed by atoms with van der Waals surface area (Å²) < 4.78 is 16.2. The number of carbonyl (C=O) groups is 1. The van der Waals surface area contributed by atoms with Crippen molar-refractivity contribution in [1.29, 1.82) is 0 Å². The predicted octanol–water partition coefficient (Wildman–Crippen LogP) is 4.64. The van der Waals surface area contributed by atoms with Crippen LogP contribution in [-0.4, -0.2) is 26.4 Å². The Kier molecular flexibility index (Phi) is 4.83. The van der Waals surface area contributed by atoms with E-state index in [1.54, 1.807) is 18.2 Å². The molecule has 1 amide bonds. The van der Waals surface area contributed by atoms with Gasteiger partial charge in [-0.3, -0.25) is 9.36 Å². The highest BCUT2D eigenvalue weighted by atomic mass is 32.2. The number of halogens is 1. The number of fused-ring (bicyclic) bond motifs is 1. The zero-order valence-electron chi connectivity index (χ0n) is 15.9. The summed E-state index contributed by atoms with van der Waals surface area (Å²) in [6, 6.07) is 13.0. The van der Waals surface area contributed by atoms with Gasteiger partial charge in [0.25, 0.3) is 0 Å². The number of nitrogens with zero attached hydrogens (tertiary/aromatic N) is 3. The first-order chi connectivity index (χ1) is 14.2. The van der Waals surface area contributed by atoms with Gasteiger partial charge < -0.3 is 5.32 Å². The third-order valence-corrected chi connectivity index (χ3v) is 6.35. The number of aromatic nitrogens is 3. The van der Waals surface area contributed by atoms with E-state index in [0.717, 1.165) is 31.4 Å². The molecule has 2 aliphatic carbocycles. The van der Waals surface area contributed by atoms with Crippen molar-refractivity contribution < 1.29 is 9.18 Å². The highest BCUT2D eigenvalue weighted by Gasteiger charge is 2.31. The second-order valence-corrected chi connectivity index (χ2v) is 8.50. The van der Waals surface area contributed by atoms with Crippen LogP contribution in [0.3, 0.4) is 0 Å². The van der Waals surface area contributed by atoms with E-state index in [0.29, 0.717) is 16.5 Å². The number of hydrogen-bond donors (Lipinski definition) is 1. The van der Waals surface area contributed by atoms with Crippen molar-refractivity contribution in [3.8, 4) is 11.4 Å². The lowest BCUT2D eigenvalue weighted by Gasteiger charge is -2.10. The summed E-state index contributed by atoms with van der Waals surface area (Å²) in [5, 5.41) is 12.1. The highest BCUT2D eigenvalue weighted by molar-refractivity contribution is 7.99. The van der Waals surface area contributed by atoms with Gasteiger partial charge in [-0.25, -0.2) is 4.39 Å². The Balaban J connectivity index is 1.30. The Hall–Kier alpha value is -2.67. The van der Waals surface area contributed by atoms with Crippen LogP contribution >= 0.6 is 11.8 Å². The highest BCUT2D eigenvalue weighted by Crippen LogP contribution is 2.41. The van der Waals surface area contributed by atoms with Crippen LogP contribution in [0.1, 0.15) is 36.4 Å². The van der Waals surface area contributed by atoms with Crippen LogP contribution in [0.5, 0.6) is 0 Å². The summed E-state index contributed by atoms with van der Waals surface area (Å²) in [5.41, 5.74) is 4.00. The standard InChI is InChI=1S/C22H21FN4OS/c23-19-7-2-1-6-18(19)21-25-26-22(27(21)17-10-11-17)29-13-20(28)24-16-9-8-14-4-3-5-15(14)12-16/h1-2,6-9,12,17H,3-5,10-11,13H2,(H,24,28). The Morgan fingerprint density at radius 2 is 1.97 bits per heavy atom. The minimum atomic E-state index is -0.312. The van der Waals surface area contributed by atoms with Crippen molar-refractivity contribution in [3.63, 3.8) is 0 Å². The largest absolute Gasteiger partial charge is 0.325 e. The van der Waals surface area contributed by atoms with E-state index in [9.17, 15) is 9.18 Å². The Labute approximate surface area is 172 Å². The summed E-state index contributed by atoms with van der Waals surface area (Å²) in [6.45, 7) is 0. The van der Waals surface area contributed by atoms with Crippen molar-refractivity contribution in [2.75, 3.05) is 11.1 Å². The van der Waals surface area contributed by atoms with Crippen molar-refractivity contribution in [2.45, 2.75) is 43.3 Å². The molecule has 1 fully saturated rings. The number of carbonyl (C=O) groups excluding carboxylic acids is 1. The lowest BCUT2D eigenvalue weighted by Crippen LogP contribution is -2.15. The van der Waals surface area contributed by atoms with Gasteiger partial charge in [0.2, 0.25) is 5.91 Å². The lowest BCUT2D eigenvalue weighted by molar-refractivity contribution is -0.113. The maximum atomic E-state index is 14.2. The van der Waals surface area contributed by atoms with Gasteiger partial charge in [0.05, 0.1) is 11.3 Å². The van der Waals surface area contributed by atoms with Crippen LogP contribution in [0.4, 0.5) is 10.1 Å². The molecule has 29 heavy (non-hydrogen) atoms. The summed E-state index contributed by atoms with van der Waals surface area (Å²) in [6.07, 6.45) is 5.43. The molecule has 3 aromatic rings. The smallest absolute Gasteiger partial charge is 0.234 e. The molecule has 1 heterocycles. The maximum Gasteiger partial charge on any atom is 0.234 e. The first-order valence-electron chi connectivity index (χ1n) is 9.93. The average molecular weight is 409 g/mol. The van der Waals surface area contributed by atoms with E-state index >= 15 is 0 Å². The second kappa shape index (κ2) is 7.63. The molecule has 2 aliphatic rings. The van der Waals surface area contributed by atoms with E-state index in [-0.39, 0.29) is 23.5 Å². The molecular formula is C22H21FN4OS. The number of amides is 1. The van der Waals surface area contributed by atoms with Crippen LogP contribution in [-0.2, 0) is 17.6 Å². The molecule has 2 aromatic carbocycles. The van der Waals surface area contributed by atoms with Crippen LogP contribution in [0, 0.1) is 5.82 Å². The molecule has 0 bridgehead atoms. The van der Waals surface area contributed by atoms with E-state index < -0.39 is 0 Å². The first kappa shape index (κ1) is 18.4. The van der Waals surface area contributed by atoms with Gasteiger partial charge in [0, 0.05) is 11.7 Å². The van der Waals surface area contributed by atoms with E-state index in [1.807, 2.05) is 10.6 Å². The van der Waals surface area contributed by atoms with E-state index in [4.69, 9.17) is 0 Å². The quantitative estimate of drug-likeness (QED) is 0.604. The van der Waals surface area contributed by atoms with Crippen molar-refractivity contribution in [3.05, 3.63) is 59.4 Å². The van der Waals surface area contributed by atoms with Crippen molar-refractivity contribution >= 4 is 23.4 Å². The van der Waals surface area contributed by atoms with E-state index in [1.165, 1.54) is 35.4 Å². The number of rotatable bonds is 6. The number of aryl methyl sites for hydroxylation is 2. The fourth-order valence-corrected chi connectivity index (χ4v) is 4.65. The number of thioether (sulfide) groups is 1. The van der Waals surface area contributed by atoms with E-state index in [2.05, 4.69) is 27.6 Å². The predicted molar refractivity (Wildman–Crippen MR) is 112 cm³/mol. The Morgan fingerprint density at radius 3 is 2.79 bits per heavy atom. The van der Waals surface area contributed by atoms with Gasteiger partial charge in [-0.1, -0.05) is 30.0 Å². The molecule has 1 saturated carbocycles. The summed E-state index contributed by atoms with van der Waals surface area (Å²) >= 11 is 1.34. The first-order valence-corrected chi connectivity index (χ1v) is 10.9. The number of benzene rings is 2. The van der Waals surface area contributed by atoms with Gasteiger partial charge in [0.15, 0.2) is 11.0 Å². The molecule has 0 saturated heterocycles. The Bertz CT molecular complexity index is 1080. The molecule has 7 heteroatoms. The second-order valence-electron chi connectivity index (χ2n) is 7.56. The molecule has 1 N–H and O–H groups in total. The normalized spacial score (nSPS) is 15.3. The van der Waals surface area contributed by atoms with Crippen LogP contribution in [0.15, 0.2) is 47.6 Å². The van der Waals surface area contributed by atoms with Gasteiger partial charge in [0.1, 0.15) is 5.82 Å². The average Bonchev–Trinajstić information content (AvgIpc) is 3.30. The SMILES string of the molecule is O=C(CSc1nnc(-c2ccccc2F)n1C1CC1)Nc1ccc2c(c1)CCC2. The monoisotopic (exact) mass is 408 g/mol. The van der Waals surface area contributed by atoms with Gasteiger partial charge in [-0.2, -0.15) is 0 Å². The third-order valence-electron chi connectivity index (χ3n) is 5.41. The molecule has 0 unspecified atom stereocenters. The Morgan fingerprint density at radius 1 is 1.14 bits per heavy atom. The molecule has 5 rings (SSSR count). The minimum Gasteiger partial charge on any atom is -0.325 e. The lowest BCUT2D eigenvalue weighted by atomic mass is 10.1. The van der Waals surface area contributed by atoms with Gasteiger partial charge in [-0.15, -0.1) is 10.2 Å². The molecule has 5 nitrogen and oxygen atoms in total.